The minimum atomic E-state index is -5.87. The van der Waals surface area contributed by atoms with Crippen molar-refractivity contribution in [2.45, 2.75) is 0 Å². The van der Waals surface area contributed by atoms with E-state index in [9.17, 15) is 39.5 Å². The van der Waals surface area contributed by atoms with Crippen LogP contribution >= 0.6 is 0 Å². The predicted octanol–water partition coefficient (Wildman–Crippen LogP) is 2.36. The molecule has 1 heterocycles. The molecule has 1 aliphatic heterocycles. The summed E-state index contributed by atoms with van der Waals surface area (Å²) in [6, 6.07) is -0.564. The van der Waals surface area contributed by atoms with Gasteiger partial charge in [0.05, 0.1) is 0 Å². The first-order valence-corrected chi connectivity index (χ1v) is 11.4. The number of halogens is 15. The quantitative estimate of drug-likeness (QED) is 0.147. The van der Waals surface area contributed by atoms with Crippen molar-refractivity contribution in [1.29, 1.82) is 0 Å². The average molecular weight is 648 g/mol. The Morgan fingerprint density at radius 2 is 0.864 bits per heavy atom. The van der Waals surface area contributed by atoms with Gasteiger partial charge in [-0.05, 0) is 0 Å². The summed E-state index contributed by atoms with van der Waals surface area (Å²) in [6.07, 6.45) is -0.857. The highest BCUT2D eigenvalue weighted by Crippen LogP contribution is 2.29. The molecule has 0 radical (unpaired) electrons. The Morgan fingerprint density at radius 1 is 0.568 bits per heavy atom. The maximum absolute atomic E-state index is 15.4. The zero-order chi connectivity index (χ0) is 33.0. The van der Waals surface area contributed by atoms with Crippen LogP contribution in [0.3, 0.4) is 0 Å². The van der Waals surface area contributed by atoms with Crippen LogP contribution in [0.25, 0.3) is 0 Å². The molecule has 44 heavy (non-hydrogen) atoms. The maximum Gasteiger partial charge on any atom is 0.448 e. The monoisotopic (exact) mass is 648 g/mol. The number of amidine groups is 1. The summed E-state index contributed by atoms with van der Waals surface area (Å²) >= 11 is 0. The van der Waals surface area contributed by atoms with Crippen molar-refractivity contribution < 1.29 is 75.6 Å². The van der Waals surface area contributed by atoms with Gasteiger partial charge in [0.25, 0.3) is 0 Å². The fourth-order valence-corrected chi connectivity index (χ4v) is 4.72. The minimum Gasteiger partial charge on any atom is -0.397 e. The second-order valence-corrected chi connectivity index (χ2v) is 8.86. The Kier molecular flexibility index (Phi) is 8.33. The molecule has 0 atom stereocenters. The van der Waals surface area contributed by atoms with Gasteiger partial charge in [0.2, 0.25) is 0 Å². The van der Waals surface area contributed by atoms with E-state index in [0.717, 1.165) is 0 Å². The zero-order valence-electron chi connectivity index (χ0n) is 20.7. The molecular weight excluding hydrogens is 640 g/mol. The van der Waals surface area contributed by atoms with Gasteiger partial charge in [-0.25, -0.2) is 76.2 Å². The van der Waals surface area contributed by atoms with Gasteiger partial charge in [0, 0.05) is 0 Å². The Hall–Kier alpha value is -4.76. The molecule has 1 aliphatic rings. The molecule has 0 saturated carbocycles. The van der Waals surface area contributed by atoms with Crippen LogP contribution in [0.15, 0.2) is 11.7 Å². The van der Waals surface area contributed by atoms with E-state index in [1.165, 1.54) is 0 Å². The van der Waals surface area contributed by atoms with E-state index in [1.807, 2.05) is 5.92 Å². The van der Waals surface area contributed by atoms with Gasteiger partial charge >= 0.3 is 6.02 Å². The van der Waals surface area contributed by atoms with Crippen molar-refractivity contribution in [2.24, 2.45) is 0 Å². The molecule has 4 rings (SSSR count). The third-order valence-electron chi connectivity index (χ3n) is 6.54. The number of terminal acetylenes is 1. The standard InChI is InChI=1S/C25H7BF15N2O/c1-2-3-42-25-43-5-6(44-25)4-26(7-10(27)16(33)22(39)17(34)11(7)28,8-12(29)18(35)23(40)19(36)13(8)30)9-14(31)20(37)24(41)21(38)15(9)32/h1,4H,3,5H2,(H,42,43)/q-1/p+1/b6-4+. The number of ether oxygens (including phenoxy) is 1. The van der Waals surface area contributed by atoms with Gasteiger partial charge in [-0.15, -0.1) is 22.8 Å². The maximum atomic E-state index is 15.4. The fraction of sp³-hybridized carbons (Fsp3) is 0.0800. The van der Waals surface area contributed by atoms with E-state index in [-0.39, 0.29) is 12.5 Å². The summed E-state index contributed by atoms with van der Waals surface area (Å²) in [5, 5.41) is 2.27. The van der Waals surface area contributed by atoms with E-state index in [1.54, 1.807) is 0 Å². The minimum absolute atomic E-state index is 0.299. The molecule has 0 bridgehead atoms. The number of nitrogens with one attached hydrogen (secondary N) is 2. The first-order valence-electron chi connectivity index (χ1n) is 11.4. The lowest BCUT2D eigenvalue weighted by atomic mass is 9.15. The molecule has 3 aromatic carbocycles. The molecule has 2 N–H and O–H groups in total. The average Bonchev–Trinajstić information content (AvgIpc) is 3.44. The summed E-state index contributed by atoms with van der Waals surface area (Å²) in [4.78, 5) is 2.24. The molecule has 0 unspecified atom stereocenters. The van der Waals surface area contributed by atoms with Gasteiger partial charge in [0.1, 0.15) is 59.9 Å². The molecule has 3 nitrogen and oxygen atoms in total. The highest BCUT2D eigenvalue weighted by molar-refractivity contribution is 7.15. The lowest BCUT2D eigenvalue weighted by Gasteiger charge is -2.41. The molecule has 3 aromatic rings. The summed E-state index contributed by atoms with van der Waals surface area (Å²) in [7, 11) is 0. The predicted molar refractivity (Wildman–Crippen MR) is 120 cm³/mol. The van der Waals surface area contributed by atoms with Crippen LogP contribution < -0.4 is 26.7 Å². The van der Waals surface area contributed by atoms with Gasteiger partial charge < -0.3 is 4.74 Å². The Labute approximate surface area is 234 Å². The van der Waals surface area contributed by atoms with E-state index in [4.69, 9.17) is 11.2 Å². The third-order valence-corrected chi connectivity index (χ3v) is 6.54. The molecule has 232 valence electrons. The van der Waals surface area contributed by atoms with Gasteiger partial charge in [-0.2, -0.15) is 5.98 Å². The fourth-order valence-electron chi connectivity index (χ4n) is 4.72. The molecule has 0 amide bonds. The second kappa shape index (κ2) is 11.4. The van der Waals surface area contributed by atoms with Gasteiger partial charge in [0.15, 0.2) is 52.4 Å². The largest absolute Gasteiger partial charge is 0.448 e. The SMILES string of the molecule is C#CCNC1=[NH+]C/C(=C\[B-](c2c(F)c(F)c(F)c(F)c2F)(c2c(F)c(F)c(F)c(F)c2F)c2c(F)c(F)c(F)c(F)c2F)O1. The second-order valence-electron chi connectivity index (χ2n) is 8.86. The number of rotatable bonds is 5. The molecule has 19 heteroatoms. The van der Waals surface area contributed by atoms with Crippen molar-refractivity contribution in [2.75, 3.05) is 13.1 Å². The Balaban J connectivity index is 2.39. The summed E-state index contributed by atoms with van der Waals surface area (Å²) in [6.45, 7) is -1.30. The van der Waals surface area contributed by atoms with Crippen LogP contribution in [0.2, 0.25) is 0 Å². The van der Waals surface area contributed by atoms with Gasteiger partial charge in [-0.3, -0.25) is 0 Å². The lowest BCUT2D eigenvalue weighted by molar-refractivity contribution is -0.443. The van der Waals surface area contributed by atoms with E-state index < -0.39 is 128 Å². The summed E-state index contributed by atoms with van der Waals surface area (Å²) in [5.74, 6) is -45.7. The first kappa shape index (κ1) is 32.2. The van der Waals surface area contributed by atoms with E-state index in [2.05, 4.69) is 10.3 Å². The van der Waals surface area contributed by atoms with Crippen LogP contribution in [-0.4, -0.2) is 25.3 Å². The smallest absolute Gasteiger partial charge is 0.397 e. The molecule has 0 fully saturated rings. The number of hydrogen-bond acceptors (Lipinski definition) is 2. The summed E-state index contributed by atoms with van der Waals surface area (Å²) in [5.41, 5.74) is -8.31. The number of benzene rings is 3. The van der Waals surface area contributed by atoms with Crippen LogP contribution in [0.1, 0.15) is 0 Å². The lowest BCUT2D eigenvalue weighted by Crippen LogP contribution is -2.74. The van der Waals surface area contributed by atoms with Crippen molar-refractivity contribution in [3.63, 3.8) is 0 Å². The van der Waals surface area contributed by atoms with Crippen LogP contribution in [0.5, 0.6) is 0 Å². The Morgan fingerprint density at radius 3 is 1.16 bits per heavy atom. The van der Waals surface area contributed by atoms with E-state index in [0.29, 0.717) is 0 Å². The van der Waals surface area contributed by atoms with E-state index >= 15 is 26.3 Å². The van der Waals surface area contributed by atoms with Crippen molar-refractivity contribution in [3.8, 4) is 12.3 Å². The molecule has 0 spiro atoms. The normalized spacial score (nSPS) is 14.1. The molecule has 0 aliphatic carbocycles. The molecule has 0 aromatic heterocycles. The first-order chi connectivity index (χ1) is 20.5. The topological polar surface area (TPSA) is 35.2 Å². The van der Waals surface area contributed by atoms with Gasteiger partial charge in [-0.1, -0.05) is 5.92 Å². The number of hydrogen-bond donors (Lipinski definition) is 2. The highest BCUT2D eigenvalue weighted by Gasteiger charge is 2.47. The highest BCUT2D eigenvalue weighted by atomic mass is 19.2. The van der Waals surface area contributed by atoms with Crippen molar-refractivity contribution in [1.82, 2.24) is 5.32 Å². The Bertz CT molecular complexity index is 1600. The van der Waals surface area contributed by atoms with Crippen LogP contribution in [-0.2, 0) is 4.74 Å². The van der Waals surface area contributed by atoms with Crippen molar-refractivity contribution in [3.05, 3.63) is 99.0 Å². The third kappa shape index (κ3) is 4.59. The molecular formula is C25H8BF15N2O. The zero-order valence-corrected chi connectivity index (χ0v) is 20.7. The van der Waals surface area contributed by atoms with Crippen LogP contribution in [0.4, 0.5) is 65.9 Å². The summed E-state index contributed by atoms with van der Waals surface area (Å²) < 4.78 is 227. The van der Waals surface area contributed by atoms with Crippen molar-refractivity contribution >= 4 is 28.6 Å². The molecule has 0 saturated heterocycles. The van der Waals surface area contributed by atoms with Crippen LogP contribution in [0, 0.1) is 99.6 Å².